The number of ketones is 1. The van der Waals surface area contributed by atoms with Crippen molar-refractivity contribution >= 4 is 22.7 Å². The monoisotopic (exact) mass is 172 g/mol. The molecule has 0 unspecified atom stereocenters. The molecule has 0 saturated heterocycles. The molecular weight excluding hydrogens is 160 g/mol. The van der Waals surface area contributed by atoms with Crippen LogP contribution in [0.3, 0.4) is 0 Å². The highest BCUT2D eigenvalue weighted by molar-refractivity contribution is 8.14. The van der Waals surface area contributed by atoms with Crippen LogP contribution in [0.25, 0.3) is 0 Å². The summed E-state index contributed by atoms with van der Waals surface area (Å²) in [6.07, 6.45) is 3.30. The summed E-state index contributed by atoms with van der Waals surface area (Å²) in [5.41, 5.74) is 0. The van der Waals surface area contributed by atoms with E-state index in [4.69, 9.17) is 0 Å². The van der Waals surface area contributed by atoms with Crippen LogP contribution in [0, 0.1) is 0 Å². The van der Waals surface area contributed by atoms with E-state index in [9.17, 15) is 9.59 Å². The number of hydrogen-bond donors (Lipinski definition) is 0. The molecule has 1 aliphatic carbocycles. The van der Waals surface area contributed by atoms with Crippen LogP contribution in [-0.4, -0.2) is 16.1 Å². The van der Waals surface area contributed by atoms with E-state index in [2.05, 4.69) is 0 Å². The van der Waals surface area contributed by atoms with Gasteiger partial charge in [0, 0.05) is 25.0 Å². The fraction of sp³-hybridized carbons (Fsp3) is 0.750. The molecule has 0 aromatic heterocycles. The van der Waals surface area contributed by atoms with Gasteiger partial charge in [-0.05, 0) is 12.8 Å². The molecule has 1 rings (SSSR count). The minimum Gasteiger partial charge on any atom is -0.300 e. The van der Waals surface area contributed by atoms with Crippen molar-refractivity contribution in [2.45, 2.75) is 37.9 Å². The minimum absolute atomic E-state index is 0.129. The maximum absolute atomic E-state index is 10.9. The normalized spacial score (nSPS) is 25.2. The Bertz CT molecular complexity index is 175. The number of Topliss-reactive ketones (excluding diaryl/α,β-unsaturated/α-hetero) is 1. The third-order valence-corrected chi connectivity index (χ3v) is 2.84. The highest BCUT2D eigenvalue weighted by atomic mass is 32.2. The largest absolute Gasteiger partial charge is 0.300 e. The third kappa shape index (κ3) is 3.06. The van der Waals surface area contributed by atoms with Gasteiger partial charge in [0.15, 0.2) is 5.12 Å². The van der Waals surface area contributed by atoms with Gasteiger partial charge >= 0.3 is 0 Å². The number of hydrogen-bond acceptors (Lipinski definition) is 3. The molecule has 1 atom stereocenters. The maximum Gasteiger partial charge on any atom is 0.186 e. The summed E-state index contributed by atoms with van der Waals surface area (Å²) in [5.74, 6) is 0.315. The topological polar surface area (TPSA) is 34.1 Å². The summed E-state index contributed by atoms with van der Waals surface area (Å²) in [6.45, 7) is 1.56. The highest BCUT2D eigenvalue weighted by Crippen LogP contribution is 2.26. The molecule has 1 aliphatic rings. The van der Waals surface area contributed by atoms with E-state index in [0.717, 1.165) is 19.3 Å². The van der Waals surface area contributed by atoms with Crippen LogP contribution in [0.5, 0.6) is 0 Å². The van der Waals surface area contributed by atoms with Gasteiger partial charge in [0.25, 0.3) is 0 Å². The van der Waals surface area contributed by atoms with E-state index >= 15 is 0 Å². The van der Waals surface area contributed by atoms with Crippen LogP contribution >= 0.6 is 11.8 Å². The smallest absolute Gasteiger partial charge is 0.186 e. The van der Waals surface area contributed by atoms with Crippen molar-refractivity contribution in [2.24, 2.45) is 0 Å². The summed E-state index contributed by atoms with van der Waals surface area (Å²) in [7, 11) is 0. The molecule has 1 fully saturated rings. The van der Waals surface area contributed by atoms with Crippen molar-refractivity contribution in [3.8, 4) is 0 Å². The summed E-state index contributed by atoms with van der Waals surface area (Å²) in [6, 6.07) is 0. The average Bonchev–Trinajstić information content (AvgIpc) is 1.85. The molecular formula is C8H12O2S. The summed E-state index contributed by atoms with van der Waals surface area (Å²) >= 11 is 1.32. The fourth-order valence-corrected chi connectivity index (χ4v) is 2.34. The Morgan fingerprint density at radius 3 is 2.91 bits per heavy atom. The Labute approximate surface area is 70.7 Å². The van der Waals surface area contributed by atoms with Crippen LogP contribution in [-0.2, 0) is 9.59 Å². The molecule has 0 heterocycles. The zero-order chi connectivity index (χ0) is 8.27. The molecule has 0 spiro atoms. The Morgan fingerprint density at radius 2 is 2.36 bits per heavy atom. The van der Waals surface area contributed by atoms with Gasteiger partial charge in [0.05, 0.1) is 0 Å². The predicted molar refractivity (Wildman–Crippen MR) is 45.5 cm³/mol. The molecule has 0 amide bonds. The van der Waals surface area contributed by atoms with E-state index < -0.39 is 0 Å². The van der Waals surface area contributed by atoms with Gasteiger partial charge in [-0.15, -0.1) is 0 Å². The van der Waals surface area contributed by atoms with E-state index in [1.807, 2.05) is 0 Å². The Morgan fingerprint density at radius 1 is 1.64 bits per heavy atom. The molecule has 0 bridgehead atoms. The Kier molecular flexibility index (Phi) is 3.12. The van der Waals surface area contributed by atoms with Crippen molar-refractivity contribution in [1.29, 1.82) is 0 Å². The van der Waals surface area contributed by atoms with Gasteiger partial charge in [0.1, 0.15) is 5.78 Å². The number of rotatable bonds is 1. The van der Waals surface area contributed by atoms with Gasteiger partial charge in [-0.2, -0.15) is 0 Å². The number of carbonyl (C=O) groups excluding carboxylic acids is 2. The van der Waals surface area contributed by atoms with Crippen molar-refractivity contribution in [3.63, 3.8) is 0 Å². The molecule has 2 nitrogen and oxygen atoms in total. The second-order valence-electron chi connectivity index (χ2n) is 2.87. The molecule has 62 valence electrons. The highest BCUT2D eigenvalue weighted by Gasteiger charge is 2.20. The van der Waals surface area contributed by atoms with Crippen LogP contribution in [0.4, 0.5) is 0 Å². The van der Waals surface area contributed by atoms with Crippen molar-refractivity contribution < 1.29 is 9.59 Å². The summed E-state index contributed by atoms with van der Waals surface area (Å²) in [4.78, 5) is 21.6. The predicted octanol–water partition coefficient (Wildman–Crippen LogP) is 1.78. The number of carbonyl (C=O) groups is 2. The zero-order valence-electron chi connectivity index (χ0n) is 6.63. The lowest BCUT2D eigenvalue weighted by Gasteiger charge is -2.18. The molecule has 3 heteroatoms. The van der Waals surface area contributed by atoms with Gasteiger partial charge in [0.2, 0.25) is 0 Å². The van der Waals surface area contributed by atoms with Crippen molar-refractivity contribution in [3.05, 3.63) is 0 Å². The zero-order valence-corrected chi connectivity index (χ0v) is 7.45. The van der Waals surface area contributed by atoms with Gasteiger partial charge in [-0.3, -0.25) is 9.59 Å². The molecule has 0 aromatic carbocycles. The van der Waals surface area contributed by atoms with Crippen LogP contribution in [0.15, 0.2) is 0 Å². The summed E-state index contributed by atoms with van der Waals surface area (Å²) in [5, 5.41) is 0.401. The van der Waals surface area contributed by atoms with Crippen molar-refractivity contribution in [1.82, 2.24) is 0 Å². The molecule has 0 aliphatic heterocycles. The molecule has 11 heavy (non-hydrogen) atoms. The lowest BCUT2D eigenvalue weighted by Crippen LogP contribution is -2.17. The number of thioether (sulfide) groups is 1. The minimum atomic E-state index is 0.129. The maximum atomic E-state index is 10.9. The second-order valence-corrected chi connectivity index (χ2v) is 4.34. The van der Waals surface area contributed by atoms with E-state index in [0.29, 0.717) is 12.2 Å². The van der Waals surface area contributed by atoms with E-state index in [1.165, 1.54) is 11.8 Å². The first-order valence-corrected chi connectivity index (χ1v) is 4.75. The molecule has 0 radical (unpaired) electrons. The molecule has 1 saturated carbocycles. The fourth-order valence-electron chi connectivity index (χ4n) is 1.32. The van der Waals surface area contributed by atoms with Gasteiger partial charge in [-0.1, -0.05) is 11.8 Å². The van der Waals surface area contributed by atoms with E-state index in [-0.39, 0.29) is 10.4 Å². The lowest BCUT2D eigenvalue weighted by atomic mass is 9.99. The van der Waals surface area contributed by atoms with E-state index in [1.54, 1.807) is 6.92 Å². The van der Waals surface area contributed by atoms with Crippen LogP contribution < -0.4 is 0 Å². The van der Waals surface area contributed by atoms with Gasteiger partial charge < -0.3 is 0 Å². The Hall–Kier alpha value is -0.310. The first-order chi connectivity index (χ1) is 5.18. The average molecular weight is 172 g/mol. The SMILES string of the molecule is CC(=O)S[C@H]1CCCC(=O)C1. The van der Waals surface area contributed by atoms with Crippen LogP contribution in [0.1, 0.15) is 32.6 Å². The third-order valence-electron chi connectivity index (χ3n) is 1.77. The second kappa shape index (κ2) is 3.90. The van der Waals surface area contributed by atoms with Gasteiger partial charge in [-0.25, -0.2) is 0 Å². The Balaban J connectivity index is 2.34. The standard InChI is InChI=1S/C8H12O2S/c1-6(9)11-8-4-2-3-7(10)5-8/h8H,2-5H2,1H3/t8-/m0/s1. The molecule has 0 aromatic rings. The quantitative estimate of drug-likeness (QED) is 0.604. The summed E-state index contributed by atoms with van der Waals surface area (Å²) < 4.78 is 0. The first-order valence-electron chi connectivity index (χ1n) is 3.87. The van der Waals surface area contributed by atoms with Crippen molar-refractivity contribution in [2.75, 3.05) is 0 Å². The molecule has 0 N–H and O–H groups in total. The lowest BCUT2D eigenvalue weighted by molar-refractivity contribution is -0.120. The van der Waals surface area contributed by atoms with Crippen LogP contribution in [0.2, 0.25) is 0 Å². The first kappa shape index (κ1) is 8.78.